The lowest BCUT2D eigenvalue weighted by atomic mass is 9.86. The molecular formula is C22H25BrN2O5. The number of hydrogen-bond donors (Lipinski definition) is 0. The molecule has 0 bridgehead atoms. The number of aromatic nitrogens is 1. The average molecular weight is 477 g/mol. The van der Waals surface area contributed by atoms with Crippen LogP contribution in [0.15, 0.2) is 45.8 Å². The zero-order valence-electron chi connectivity index (χ0n) is 16.9. The van der Waals surface area contributed by atoms with Gasteiger partial charge in [0, 0.05) is 39.6 Å². The minimum absolute atomic E-state index is 0.0891. The van der Waals surface area contributed by atoms with Crippen molar-refractivity contribution in [1.29, 1.82) is 0 Å². The van der Waals surface area contributed by atoms with E-state index in [0.717, 1.165) is 18.4 Å². The number of methoxy groups -OCH3 is 1. The second kappa shape index (κ2) is 8.91. The Morgan fingerprint density at radius 3 is 2.60 bits per heavy atom. The van der Waals surface area contributed by atoms with E-state index in [2.05, 4.69) is 15.9 Å². The third-order valence-electron chi connectivity index (χ3n) is 5.82. The number of amides is 1. The Morgan fingerprint density at radius 2 is 1.90 bits per heavy atom. The van der Waals surface area contributed by atoms with E-state index in [0.29, 0.717) is 43.1 Å². The van der Waals surface area contributed by atoms with E-state index in [1.807, 2.05) is 34.9 Å². The molecule has 0 saturated carbocycles. The zero-order chi connectivity index (χ0) is 21.1. The van der Waals surface area contributed by atoms with Crippen molar-refractivity contribution in [3.05, 3.63) is 62.5 Å². The van der Waals surface area contributed by atoms with Crippen molar-refractivity contribution in [3.63, 3.8) is 0 Å². The SMILES string of the molecule is COCCN1CC2(CCOCC2)n2cc(Br)c(=O)c(OCc3ccccc3)c2C1=O. The van der Waals surface area contributed by atoms with Crippen molar-refractivity contribution in [2.45, 2.75) is 25.0 Å². The van der Waals surface area contributed by atoms with Crippen molar-refractivity contribution in [2.75, 3.05) is 40.0 Å². The number of halogens is 1. The molecule has 1 spiro atoms. The Kier molecular flexibility index (Phi) is 6.26. The second-order valence-corrected chi connectivity index (χ2v) is 8.54. The highest BCUT2D eigenvalue weighted by Gasteiger charge is 2.45. The number of ether oxygens (including phenoxy) is 3. The van der Waals surface area contributed by atoms with E-state index in [-0.39, 0.29) is 29.2 Å². The van der Waals surface area contributed by atoms with Gasteiger partial charge in [-0.2, -0.15) is 0 Å². The van der Waals surface area contributed by atoms with E-state index in [1.165, 1.54) is 0 Å². The molecule has 0 N–H and O–H groups in total. The third-order valence-corrected chi connectivity index (χ3v) is 6.39. The van der Waals surface area contributed by atoms with Crippen LogP contribution in [-0.4, -0.2) is 55.4 Å². The quantitative estimate of drug-likeness (QED) is 0.640. The predicted octanol–water partition coefficient (Wildman–Crippen LogP) is 2.80. The van der Waals surface area contributed by atoms with Crippen LogP contribution in [0.25, 0.3) is 0 Å². The molecule has 8 heteroatoms. The molecule has 1 fully saturated rings. The van der Waals surface area contributed by atoms with Gasteiger partial charge < -0.3 is 23.7 Å². The molecule has 30 heavy (non-hydrogen) atoms. The Labute approximate surface area is 183 Å². The smallest absolute Gasteiger partial charge is 0.274 e. The van der Waals surface area contributed by atoms with Crippen LogP contribution in [0.2, 0.25) is 0 Å². The molecular weight excluding hydrogens is 452 g/mol. The number of carbonyl (C=O) groups excluding carboxylic acids is 1. The summed E-state index contributed by atoms with van der Waals surface area (Å²) in [5, 5.41) is 0. The molecule has 1 aromatic carbocycles. The van der Waals surface area contributed by atoms with Gasteiger partial charge in [0.15, 0.2) is 11.4 Å². The number of benzene rings is 1. The summed E-state index contributed by atoms with van der Waals surface area (Å²) < 4.78 is 19.1. The normalized spacial score (nSPS) is 17.8. The van der Waals surface area contributed by atoms with Crippen molar-refractivity contribution in [2.24, 2.45) is 0 Å². The van der Waals surface area contributed by atoms with Gasteiger partial charge in [0.25, 0.3) is 5.91 Å². The summed E-state index contributed by atoms with van der Waals surface area (Å²) in [6, 6.07) is 9.60. The lowest BCUT2D eigenvalue weighted by Crippen LogP contribution is -2.57. The second-order valence-electron chi connectivity index (χ2n) is 7.68. The van der Waals surface area contributed by atoms with E-state index in [4.69, 9.17) is 14.2 Å². The maximum absolute atomic E-state index is 13.4. The van der Waals surface area contributed by atoms with Gasteiger partial charge in [0.1, 0.15) is 6.61 Å². The summed E-state index contributed by atoms with van der Waals surface area (Å²) in [4.78, 5) is 28.2. The van der Waals surface area contributed by atoms with Crippen molar-refractivity contribution in [3.8, 4) is 5.75 Å². The predicted molar refractivity (Wildman–Crippen MR) is 115 cm³/mol. The van der Waals surface area contributed by atoms with Crippen LogP contribution in [0.1, 0.15) is 28.9 Å². The number of carbonyl (C=O) groups is 1. The van der Waals surface area contributed by atoms with Crippen LogP contribution in [0.3, 0.4) is 0 Å². The van der Waals surface area contributed by atoms with E-state index in [1.54, 1.807) is 18.2 Å². The summed E-state index contributed by atoms with van der Waals surface area (Å²) >= 11 is 3.39. The minimum atomic E-state index is -0.337. The molecule has 1 amide bonds. The fraction of sp³-hybridized carbons (Fsp3) is 0.455. The first kappa shape index (κ1) is 21.1. The fourth-order valence-corrected chi connectivity index (χ4v) is 4.57. The first-order valence-electron chi connectivity index (χ1n) is 10.0. The summed E-state index contributed by atoms with van der Waals surface area (Å²) in [6.45, 7) is 2.87. The van der Waals surface area contributed by atoms with Gasteiger partial charge in [-0.25, -0.2) is 0 Å². The molecule has 4 rings (SSSR count). The lowest BCUT2D eigenvalue weighted by Gasteiger charge is -2.47. The van der Waals surface area contributed by atoms with Crippen LogP contribution >= 0.6 is 15.9 Å². The molecule has 0 atom stereocenters. The molecule has 0 aliphatic carbocycles. The molecule has 2 aromatic rings. The maximum Gasteiger partial charge on any atom is 0.274 e. The molecule has 7 nitrogen and oxygen atoms in total. The molecule has 0 radical (unpaired) electrons. The Morgan fingerprint density at radius 1 is 1.17 bits per heavy atom. The first-order chi connectivity index (χ1) is 14.6. The Bertz CT molecular complexity index is 969. The first-order valence-corrected chi connectivity index (χ1v) is 10.8. The fourth-order valence-electron chi connectivity index (χ4n) is 4.19. The van der Waals surface area contributed by atoms with Gasteiger partial charge >= 0.3 is 0 Å². The van der Waals surface area contributed by atoms with Crippen LogP contribution in [0, 0.1) is 0 Å². The molecule has 1 aromatic heterocycles. The van der Waals surface area contributed by atoms with Crippen molar-refractivity contribution >= 4 is 21.8 Å². The highest BCUT2D eigenvalue weighted by Crippen LogP contribution is 2.38. The summed E-state index contributed by atoms with van der Waals surface area (Å²) in [5.74, 6) is -0.122. The van der Waals surface area contributed by atoms with Crippen LogP contribution in [0.4, 0.5) is 0 Å². The molecule has 3 heterocycles. The molecule has 160 valence electrons. The zero-order valence-corrected chi connectivity index (χ0v) is 18.5. The topological polar surface area (TPSA) is 70.0 Å². The van der Waals surface area contributed by atoms with E-state index < -0.39 is 0 Å². The van der Waals surface area contributed by atoms with E-state index in [9.17, 15) is 9.59 Å². The number of pyridine rings is 1. The number of hydrogen-bond acceptors (Lipinski definition) is 5. The molecule has 0 unspecified atom stereocenters. The monoisotopic (exact) mass is 476 g/mol. The molecule has 2 aliphatic heterocycles. The van der Waals surface area contributed by atoms with Gasteiger partial charge in [-0.05, 0) is 34.3 Å². The van der Waals surface area contributed by atoms with Crippen molar-refractivity contribution in [1.82, 2.24) is 9.47 Å². The molecule has 1 saturated heterocycles. The van der Waals surface area contributed by atoms with Gasteiger partial charge in [-0.3, -0.25) is 9.59 Å². The largest absolute Gasteiger partial charge is 0.483 e. The van der Waals surface area contributed by atoms with Gasteiger partial charge in [-0.15, -0.1) is 0 Å². The summed E-state index contributed by atoms with van der Waals surface area (Å²) in [7, 11) is 1.61. The average Bonchev–Trinajstić information content (AvgIpc) is 2.77. The summed E-state index contributed by atoms with van der Waals surface area (Å²) in [5.41, 5.74) is 0.580. The van der Waals surface area contributed by atoms with Gasteiger partial charge in [0.05, 0.1) is 16.6 Å². The van der Waals surface area contributed by atoms with Crippen LogP contribution < -0.4 is 10.2 Å². The Balaban J connectivity index is 1.80. The van der Waals surface area contributed by atoms with Crippen LogP contribution in [-0.2, 0) is 21.6 Å². The Hall–Kier alpha value is -2.16. The minimum Gasteiger partial charge on any atom is -0.483 e. The standard InChI is InChI=1S/C22H25BrN2O5/c1-28-12-9-24-15-22(7-10-29-11-8-22)25-13-17(23)19(26)20(18(25)21(24)27)30-14-16-5-3-2-4-6-16/h2-6,13H,7-12,14-15H2,1H3. The third kappa shape index (κ3) is 3.91. The highest BCUT2D eigenvalue weighted by molar-refractivity contribution is 9.10. The van der Waals surface area contributed by atoms with E-state index >= 15 is 0 Å². The highest BCUT2D eigenvalue weighted by atomic mass is 79.9. The number of rotatable bonds is 6. The number of nitrogens with zero attached hydrogens (tertiary/aromatic N) is 2. The summed E-state index contributed by atoms with van der Waals surface area (Å²) in [6.07, 6.45) is 3.25. The van der Waals surface area contributed by atoms with Crippen molar-refractivity contribution < 1.29 is 19.0 Å². The lowest BCUT2D eigenvalue weighted by molar-refractivity contribution is -0.0115. The maximum atomic E-state index is 13.4. The molecule has 2 aliphatic rings. The van der Waals surface area contributed by atoms with Gasteiger partial charge in [0.2, 0.25) is 5.43 Å². The van der Waals surface area contributed by atoms with Crippen LogP contribution in [0.5, 0.6) is 5.75 Å². The van der Waals surface area contributed by atoms with Gasteiger partial charge in [-0.1, -0.05) is 30.3 Å². The number of fused-ring (bicyclic) bond motifs is 2.